The normalized spacial score (nSPS) is 17.9. The molecular formula is C19H27N5O2. The van der Waals surface area contributed by atoms with E-state index < -0.39 is 0 Å². The highest BCUT2D eigenvalue weighted by molar-refractivity contribution is 5.78. The number of hydrogen-bond acceptors (Lipinski definition) is 5. The summed E-state index contributed by atoms with van der Waals surface area (Å²) in [5, 5.41) is 3.40. The van der Waals surface area contributed by atoms with Crippen molar-refractivity contribution in [3.8, 4) is 5.75 Å². The first kappa shape index (κ1) is 18.4. The smallest absolute Gasteiger partial charge is 0.236 e. The van der Waals surface area contributed by atoms with E-state index in [4.69, 9.17) is 4.74 Å². The van der Waals surface area contributed by atoms with Crippen LogP contribution in [0.15, 0.2) is 36.7 Å². The second-order valence-corrected chi connectivity index (χ2v) is 6.68. The van der Waals surface area contributed by atoms with E-state index in [2.05, 4.69) is 15.2 Å². The number of aromatic nitrogens is 2. The van der Waals surface area contributed by atoms with Crippen molar-refractivity contribution >= 4 is 5.91 Å². The van der Waals surface area contributed by atoms with E-state index >= 15 is 0 Å². The topological polar surface area (TPSA) is 62.6 Å². The van der Waals surface area contributed by atoms with Gasteiger partial charge in [-0.25, -0.2) is 4.98 Å². The van der Waals surface area contributed by atoms with Crippen molar-refractivity contribution in [2.24, 2.45) is 7.05 Å². The van der Waals surface area contributed by atoms with Gasteiger partial charge in [-0.15, -0.1) is 0 Å². The second kappa shape index (κ2) is 8.33. The first-order chi connectivity index (χ1) is 12.6. The lowest BCUT2D eigenvalue weighted by molar-refractivity contribution is -0.132. The van der Waals surface area contributed by atoms with E-state index in [1.807, 2.05) is 49.1 Å². The summed E-state index contributed by atoms with van der Waals surface area (Å²) in [6, 6.07) is 7.93. The highest BCUT2D eigenvalue weighted by Crippen LogP contribution is 2.20. The van der Waals surface area contributed by atoms with E-state index in [1.165, 1.54) is 0 Å². The fourth-order valence-electron chi connectivity index (χ4n) is 3.28. The first-order valence-corrected chi connectivity index (χ1v) is 8.87. The molecule has 1 amide bonds. The van der Waals surface area contributed by atoms with Crippen LogP contribution in [-0.4, -0.2) is 65.6 Å². The number of rotatable bonds is 6. The van der Waals surface area contributed by atoms with Crippen LogP contribution in [0.5, 0.6) is 5.75 Å². The Kier molecular flexibility index (Phi) is 5.90. The van der Waals surface area contributed by atoms with Gasteiger partial charge >= 0.3 is 0 Å². The van der Waals surface area contributed by atoms with Gasteiger partial charge in [0, 0.05) is 52.7 Å². The molecule has 1 saturated heterocycles. The Labute approximate surface area is 154 Å². The number of likely N-dealkylation sites (N-methyl/N-ethyl adjacent to an activating group) is 1. The number of ether oxygens (including phenoxy) is 1. The zero-order valence-electron chi connectivity index (χ0n) is 15.7. The van der Waals surface area contributed by atoms with Crippen LogP contribution >= 0.6 is 0 Å². The van der Waals surface area contributed by atoms with E-state index in [-0.39, 0.29) is 11.9 Å². The minimum atomic E-state index is 0.113. The van der Waals surface area contributed by atoms with E-state index in [0.717, 1.165) is 36.8 Å². The van der Waals surface area contributed by atoms with Gasteiger partial charge in [-0.3, -0.25) is 9.69 Å². The van der Waals surface area contributed by atoms with Gasteiger partial charge in [-0.05, 0) is 17.7 Å². The van der Waals surface area contributed by atoms with Gasteiger partial charge in [0.05, 0.1) is 19.7 Å². The number of methoxy groups -OCH3 is 1. The number of hydrogen-bond donors (Lipinski definition) is 1. The standard InChI is InChI=1S/C19H27N5O2/c1-22-10-9-21-19(22)17-12-20-8-11-24(17)14-18(25)23(2)13-15-4-6-16(26-3)7-5-15/h4-7,9-10,17,20H,8,11-14H2,1-3H3. The Balaban J connectivity index is 1.62. The van der Waals surface area contributed by atoms with Crippen molar-refractivity contribution in [3.05, 3.63) is 48.0 Å². The van der Waals surface area contributed by atoms with E-state index in [1.54, 1.807) is 18.2 Å². The van der Waals surface area contributed by atoms with Crippen molar-refractivity contribution in [1.29, 1.82) is 0 Å². The predicted molar refractivity (Wildman–Crippen MR) is 99.9 cm³/mol. The Morgan fingerprint density at radius 2 is 2.15 bits per heavy atom. The maximum Gasteiger partial charge on any atom is 0.236 e. The minimum Gasteiger partial charge on any atom is -0.497 e. The Hall–Kier alpha value is -2.38. The zero-order chi connectivity index (χ0) is 18.5. The SMILES string of the molecule is COc1ccc(CN(C)C(=O)CN2CCNCC2c2nccn2C)cc1. The number of aryl methyl sites for hydroxylation is 1. The van der Waals surface area contributed by atoms with Crippen LogP contribution in [0, 0.1) is 0 Å². The summed E-state index contributed by atoms with van der Waals surface area (Å²) >= 11 is 0. The quantitative estimate of drug-likeness (QED) is 0.837. The summed E-state index contributed by atoms with van der Waals surface area (Å²) in [6.45, 7) is 3.50. The van der Waals surface area contributed by atoms with Gasteiger partial charge in [0.25, 0.3) is 0 Å². The van der Waals surface area contributed by atoms with E-state index in [9.17, 15) is 4.79 Å². The molecule has 2 aromatic rings. The zero-order valence-corrected chi connectivity index (χ0v) is 15.7. The summed E-state index contributed by atoms with van der Waals surface area (Å²) < 4.78 is 7.20. The number of carbonyl (C=O) groups is 1. The van der Waals surface area contributed by atoms with Crippen LogP contribution in [0.4, 0.5) is 0 Å². The van der Waals surface area contributed by atoms with Crippen molar-refractivity contribution in [2.45, 2.75) is 12.6 Å². The number of imidazole rings is 1. The Morgan fingerprint density at radius 1 is 1.38 bits per heavy atom. The van der Waals surface area contributed by atoms with Crippen LogP contribution < -0.4 is 10.1 Å². The lowest BCUT2D eigenvalue weighted by Crippen LogP contribution is -2.50. The molecule has 1 fully saturated rings. The average molecular weight is 357 g/mol. The lowest BCUT2D eigenvalue weighted by atomic mass is 10.1. The molecule has 0 saturated carbocycles. The Bertz CT molecular complexity index is 728. The number of amides is 1. The second-order valence-electron chi connectivity index (χ2n) is 6.68. The molecule has 1 unspecified atom stereocenters. The van der Waals surface area contributed by atoms with Crippen LogP contribution in [0.25, 0.3) is 0 Å². The summed E-state index contributed by atoms with van der Waals surface area (Å²) in [6.07, 6.45) is 3.75. The molecule has 2 heterocycles. The van der Waals surface area contributed by atoms with Gasteiger partial charge in [-0.1, -0.05) is 12.1 Å². The largest absolute Gasteiger partial charge is 0.497 e. The van der Waals surface area contributed by atoms with E-state index in [0.29, 0.717) is 13.1 Å². The molecule has 1 aliphatic rings. The molecule has 1 N–H and O–H groups in total. The molecule has 0 spiro atoms. The number of nitrogens with one attached hydrogen (secondary N) is 1. The van der Waals surface area contributed by atoms with Crippen LogP contribution in [0.1, 0.15) is 17.4 Å². The molecule has 7 nitrogen and oxygen atoms in total. The van der Waals surface area contributed by atoms with Crippen LogP contribution in [0.2, 0.25) is 0 Å². The maximum absolute atomic E-state index is 12.8. The third-order valence-electron chi connectivity index (χ3n) is 4.85. The van der Waals surface area contributed by atoms with Gasteiger partial charge in [-0.2, -0.15) is 0 Å². The van der Waals surface area contributed by atoms with Gasteiger partial charge < -0.3 is 19.5 Å². The highest BCUT2D eigenvalue weighted by atomic mass is 16.5. The minimum absolute atomic E-state index is 0.113. The molecule has 0 radical (unpaired) electrons. The summed E-state index contributed by atoms with van der Waals surface area (Å²) in [7, 11) is 5.49. The van der Waals surface area contributed by atoms with Gasteiger partial charge in [0.1, 0.15) is 11.6 Å². The molecule has 140 valence electrons. The maximum atomic E-state index is 12.8. The molecule has 1 aliphatic heterocycles. The van der Waals surface area contributed by atoms with Crippen molar-refractivity contribution in [1.82, 2.24) is 24.7 Å². The molecule has 26 heavy (non-hydrogen) atoms. The molecule has 0 bridgehead atoms. The van der Waals surface area contributed by atoms with Crippen molar-refractivity contribution in [2.75, 3.05) is 40.3 Å². The monoisotopic (exact) mass is 357 g/mol. The number of benzene rings is 1. The summed E-state index contributed by atoms with van der Waals surface area (Å²) in [5.74, 6) is 1.92. The van der Waals surface area contributed by atoms with Gasteiger partial charge in [0.2, 0.25) is 5.91 Å². The van der Waals surface area contributed by atoms with Crippen molar-refractivity contribution in [3.63, 3.8) is 0 Å². The summed E-state index contributed by atoms with van der Waals surface area (Å²) in [5.41, 5.74) is 1.09. The highest BCUT2D eigenvalue weighted by Gasteiger charge is 2.28. The average Bonchev–Trinajstić information content (AvgIpc) is 3.08. The summed E-state index contributed by atoms with van der Waals surface area (Å²) in [4.78, 5) is 21.2. The van der Waals surface area contributed by atoms with Crippen molar-refractivity contribution < 1.29 is 9.53 Å². The fraction of sp³-hybridized carbons (Fsp3) is 0.474. The third-order valence-corrected chi connectivity index (χ3v) is 4.85. The molecule has 1 aromatic carbocycles. The first-order valence-electron chi connectivity index (χ1n) is 8.87. The number of piperazine rings is 1. The number of nitrogens with zero attached hydrogens (tertiary/aromatic N) is 4. The molecule has 3 rings (SSSR count). The molecule has 7 heteroatoms. The Morgan fingerprint density at radius 3 is 2.81 bits per heavy atom. The third kappa shape index (κ3) is 4.23. The van der Waals surface area contributed by atoms with Crippen LogP contribution in [0.3, 0.4) is 0 Å². The lowest BCUT2D eigenvalue weighted by Gasteiger charge is -2.36. The van der Waals surface area contributed by atoms with Crippen LogP contribution in [-0.2, 0) is 18.4 Å². The fourth-order valence-corrected chi connectivity index (χ4v) is 3.28. The number of carbonyl (C=O) groups excluding carboxylic acids is 1. The molecule has 1 aromatic heterocycles. The molecule has 0 aliphatic carbocycles. The molecule has 1 atom stereocenters. The molecular weight excluding hydrogens is 330 g/mol. The van der Waals surface area contributed by atoms with Gasteiger partial charge in [0.15, 0.2) is 0 Å². The predicted octanol–water partition coefficient (Wildman–Crippen LogP) is 1.03.